The minimum Gasteiger partial charge on any atom is -0.456 e. The second-order valence-corrected chi connectivity index (χ2v) is 13.6. The van der Waals surface area contributed by atoms with Crippen LogP contribution >= 0.6 is 0 Å². The first-order chi connectivity index (χ1) is 26.8. The van der Waals surface area contributed by atoms with Gasteiger partial charge in [0.2, 0.25) is 5.89 Å². The van der Waals surface area contributed by atoms with Gasteiger partial charge in [0.25, 0.3) is 0 Å². The summed E-state index contributed by atoms with van der Waals surface area (Å²) in [5, 5.41) is 4.34. The molecule has 5 nitrogen and oxygen atoms in total. The van der Waals surface area contributed by atoms with Crippen molar-refractivity contribution in [1.29, 1.82) is 0 Å². The summed E-state index contributed by atoms with van der Waals surface area (Å²) in [5.41, 5.74) is 12.8. The third-order valence-corrected chi connectivity index (χ3v) is 10.4. The zero-order valence-electron chi connectivity index (χ0n) is 29.1. The molecule has 0 unspecified atom stereocenters. The molecule has 0 aliphatic carbocycles. The Morgan fingerprint density at radius 3 is 1.96 bits per heavy atom. The molecule has 0 amide bonds. The highest BCUT2D eigenvalue weighted by atomic mass is 16.4. The van der Waals surface area contributed by atoms with Crippen LogP contribution in [0.15, 0.2) is 197 Å². The van der Waals surface area contributed by atoms with Gasteiger partial charge in [0.05, 0.1) is 27.8 Å². The SMILES string of the molecule is c1ccc(-c2nc3cc4oc5cccc(N(c6ccc7c(c6)c6ccccc6n7-c6ccccc6)c6ccccc6-c6ccccc6)c5c4cc3o2)cc1. The zero-order chi connectivity index (χ0) is 35.6. The number of anilines is 3. The summed E-state index contributed by atoms with van der Waals surface area (Å²) in [6, 6.07) is 65.7. The van der Waals surface area contributed by atoms with Gasteiger partial charge in [0, 0.05) is 44.7 Å². The van der Waals surface area contributed by atoms with Gasteiger partial charge >= 0.3 is 0 Å². The van der Waals surface area contributed by atoms with Crippen molar-refractivity contribution in [3.8, 4) is 28.3 Å². The number of furan rings is 1. The summed E-state index contributed by atoms with van der Waals surface area (Å²) >= 11 is 0. The van der Waals surface area contributed by atoms with Gasteiger partial charge in [0.15, 0.2) is 5.58 Å². The van der Waals surface area contributed by atoms with Gasteiger partial charge in [-0.1, -0.05) is 109 Å². The number of oxazole rings is 1. The van der Waals surface area contributed by atoms with E-state index < -0.39 is 0 Å². The Morgan fingerprint density at radius 1 is 0.444 bits per heavy atom. The van der Waals surface area contributed by atoms with Crippen molar-refractivity contribution in [3.05, 3.63) is 188 Å². The molecule has 11 aromatic rings. The number of benzene rings is 8. The van der Waals surface area contributed by atoms with Crippen LogP contribution in [0, 0.1) is 0 Å². The van der Waals surface area contributed by atoms with Crippen LogP contribution in [-0.4, -0.2) is 9.55 Å². The fourth-order valence-corrected chi connectivity index (χ4v) is 8.01. The maximum Gasteiger partial charge on any atom is 0.227 e. The maximum absolute atomic E-state index is 6.62. The highest BCUT2D eigenvalue weighted by Crippen LogP contribution is 2.47. The molecular formula is C49H31N3O2. The van der Waals surface area contributed by atoms with Crippen LogP contribution < -0.4 is 4.90 Å². The Labute approximate surface area is 310 Å². The van der Waals surface area contributed by atoms with E-state index in [1.807, 2.05) is 42.5 Å². The van der Waals surface area contributed by atoms with E-state index >= 15 is 0 Å². The van der Waals surface area contributed by atoms with E-state index in [4.69, 9.17) is 13.8 Å². The molecule has 0 aliphatic rings. The van der Waals surface area contributed by atoms with Crippen LogP contribution in [-0.2, 0) is 0 Å². The van der Waals surface area contributed by atoms with E-state index in [-0.39, 0.29) is 0 Å². The van der Waals surface area contributed by atoms with Gasteiger partial charge < -0.3 is 18.3 Å². The summed E-state index contributed by atoms with van der Waals surface area (Å²) in [5.74, 6) is 0.587. The van der Waals surface area contributed by atoms with Crippen LogP contribution in [0.2, 0.25) is 0 Å². The first-order valence-corrected chi connectivity index (χ1v) is 18.1. The summed E-state index contributed by atoms with van der Waals surface area (Å²) in [4.78, 5) is 7.22. The Balaban J connectivity index is 1.19. The minimum absolute atomic E-state index is 0.587. The van der Waals surface area contributed by atoms with Gasteiger partial charge in [-0.05, 0) is 78.4 Å². The molecule has 0 bridgehead atoms. The second-order valence-electron chi connectivity index (χ2n) is 13.6. The van der Waals surface area contributed by atoms with E-state index in [0.29, 0.717) is 11.5 Å². The summed E-state index contributed by atoms with van der Waals surface area (Å²) < 4.78 is 15.4. The second kappa shape index (κ2) is 12.1. The summed E-state index contributed by atoms with van der Waals surface area (Å²) in [6.45, 7) is 0. The summed E-state index contributed by atoms with van der Waals surface area (Å²) in [7, 11) is 0. The van der Waals surface area contributed by atoms with E-state index in [0.717, 1.165) is 72.4 Å². The molecule has 3 heterocycles. The molecule has 0 saturated carbocycles. The lowest BCUT2D eigenvalue weighted by molar-refractivity contribution is 0.620. The number of para-hydroxylation sites is 3. The predicted octanol–water partition coefficient (Wildman–Crippen LogP) is 13.6. The van der Waals surface area contributed by atoms with E-state index in [1.54, 1.807) is 0 Å². The third kappa shape index (κ3) is 4.76. The molecule has 254 valence electrons. The van der Waals surface area contributed by atoms with Crippen LogP contribution in [0.4, 0.5) is 17.1 Å². The predicted molar refractivity (Wildman–Crippen MR) is 221 cm³/mol. The fourth-order valence-electron chi connectivity index (χ4n) is 8.01. The number of nitrogens with zero attached hydrogens (tertiary/aromatic N) is 3. The van der Waals surface area contributed by atoms with Crippen LogP contribution in [0.1, 0.15) is 0 Å². The molecule has 0 radical (unpaired) electrons. The highest BCUT2D eigenvalue weighted by Gasteiger charge is 2.24. The molecule has 0 N–H and O–H groups in total. The molecule has 5 heteroatoms. The molecule has 0 aliphatic heterocycles. The van der Waals surface area contributed by atoms with Gasteiger partial charge in [-0.3, -0.25) is 0 Å². The molecule has 11 rings (SSSR count). The number of aromatic nitrogens is 2. The lowest BCUT2D eigenvalue weighted by Crippen LogP contribution is -2.11. The lowest BCUT2D eigenvalue weighted by atomic mass is 10.0. The normalized spacial score (nSPS) is 11.7. The Kier molecular flexibility index (Phi) is 6.79. The molecule has 8 aromatic carbocycles. The smallest absolute Gasteiger partial charge is 0.227 e. The van der Waals surface area contributed by atoms with E-state index in [9.17, 15) is 0 Å². The van der Waals surface area contributed by atoms with Crippen LogP contribution in [0.3, 0.4) is 0 Å². The first kappa shape index (κ1) is 30.3. The minimum atomic E-state index is 0.587. The van der Waals surface area contributed by atoms with Crippen LogP contribution in [0.5, 0.6) is 0 Å². The Hall–Kier alpha value is -7.37. The van der Waals surface area contributed by atoms with Crippen molar-refractivity contribution in [3.63, 3.8) is 0 Å². The molecule has 0 spiro atoms. The maximum atomic E-state index is 6.62. The average molecular weight is 694 g/mol. The number of hydrogen-bond donors (Lipinski definition) is 0. The molecule has 54 heavy (non-hydrogen) atoms. The Morgan fingerprint density at radius 2 is 1.13 bits per heavy atom. The van der Waals surface area contributed by atoms with Crippen molar-refractivity contribution >= 4 is 71.9 Å². The lowest BCUT2D eigenvalue weighted by Gasteiger charge is -2.28. The molecule has 0 fully saturated rings. The standard InChI is InChI=1S/C49H31N3O2/c1-4-15-32(16-5-1)36-21-10-12-23-41(36)52(35-27-28-43-38(29-35)37-22-11-13-24-42(37)51(43)34-19-8-3-9-20-34)44-25-14-26-45-48(44)39-30-47-40(31-46(39)53-45)50-49(54-47)33-17-6-2-7-18-33/h1-31H. The van der Waals surface area contributed by atoms with Gasteiger partial charge in [0.1, 0.15) is 16.7 Å². The Bertz CT molecular complexity index is 3160. The average Bonchev–Trinajstić information content (AvgIpc) is 3.92. The quantitative estimate of drug-likeness (QED) is 0.174. The van der Waals surface area contributed by atoms with E-state index in [2.05, 4.69) is 155 Å². The van der Waals surface area contributed by atoms with Gasteiger partial charge in [-0.25, -0.2) is 4.98 Å². The molecular weight excluding hydrogens is 663 g/mol. The largest absolute Gasteiger partial charge is 0.456 e. The van der Waals surface area contributed by atoms with Crippen molar-refractivity contribution in [1.82, 2.24) is 9.55 Å². The molecule has 0 atom stereocenters. The molecule has 3 aromatic heterocycles. The zero-order valence-corrected chi connectivity index (χ0v) is 29.1. The monoisotopic (exact) mass is 693 g/mol. The first-order valence-electron chi connectivity index (χ1n) is 18.1. The van der Waals surface area contributed by atoms with Gasteiger partial charge in [-0.15, -0.1) is 0 Å². The number of rotatable bonds is 6. The van der Waals surface area contributed by atoms with E-state index in [1.165, 1.54) is 16.3 Å². The van der Waals surface area contributed by atoms with Crippen molar-refractivity contribution in [2.75, 3.05) is 4.90 Å². The third-order valence-electron chi connectivity index (χ3n) is 10.4. The number of fused-ring (bicyclic) bond motifs is 7. The van der Waals surface area contributed by atoms with Crippen molar-refractivity contribution < 1.29 is 8.83 Å². The van der Waals surface area contributed by atoms with Crippen molar-refractivity contribution in [2.24, 2.45) is 0 Å². The van der Waals surface area contributed by atoms with Crippen molar-refractivity contribution in [2.45, 2.75) is 0 Å². The fraction of sp³-hybridized carbons (Fsp3) is 0. The number of hydrogen-bond acceptors (Lipinski definition) is 4. The summed E-state index contributed by atoms with van der Waals surface area (Å²) in [6.07, 6.45) is 0. The highest BCUT2D eigenvalue weighted by molar-refractivity contribution is 6.17. The van der Waals surface area contributed by atoms with Crippen LogP contribution in [0.25, 0.3) is 83.1 Å². The topological polar surface area (TPSA) is 47.3 Å². The van der Waals surface area contributed by atoms with Gasteiger partial charge in [-0.2, -0.15) is 0 Å². The molecule has 0 saturated heterocycles.